The van der Waals surface area contributed by atoms with Crippen molar-refractivity contribution in [3.63, 3.8) is 0 Å². The Labute approximate surface area is 134 Å². The molecule has 0 saturated heterocycles. The highest BCUT2D eigenvalue weighted by molar-refractivity contribution is 6.35. The lowest BCUT2D eigenvalue weighted by Crippen LogP contribution is -2.38. The van der Waals surface area contributed by atoms with Gasteiger partial charge in [-0.3, -0.25) is 4.79 Å². The van der Waals surface area contributed by atoms with Crippen LogP contribution in [0.1, 0.15) is 17.5 Å². The molecule has 0 fully saturated rings. The van der Waals surface area contributed by atoms with E-state index in [2.05, 4.69) is 0 Å². The monoisotopic (exact) mass is 331 g/mol. The van der Waals surface area contributed by atoms with Crippen LogP contribution in [-0.4, -0.2) is 44.3 Å². The number of carbonyl (C=O) groups is 1. The van der Waals surface area contributed by atoms with Crippen molar-refractivity contribution in [2.24, 2.45) is 0 Å². The third-order valence-electron chi connectivity index (χ3n) is 3.46. The molecule has 4 nitrogen and oxygen atoms in total. The lowest BCUT2D eigenvalue weighted by Gasteiger charge is -2.29. The number of hydrogen-bond donors (Lipinski definition) is 0. The Bertz CT molecular complexity index is 508. The quantitative estimate of drug-likeness (QED) is 0.752. The summed E-state index contributed by atoms with van der Waals surface area (Å²) in [5, 5.41) is 1.28. The SMILES string of the molecule is COCCCOCC(=O)N1CCc2c(Cl)cc(Cl)cc2C1. The molecule has 0 bridgehead atoms. The second-order valence-electron chi connectivity index (χ2n) is 4.99. The average Bonchev–Trinajstić information content (AvgIpc) is 2.46. The summed E-state index contributed by atoms with van der Waals surface area (Å²) >= 11 is 12.2. The highest BCUT2D eigenvalue weighted by Gasteiger charge is 2.22. The molecule has 1 aromatic rings. The van der Waals surface area contributed by atoms with Gasteiger partial charge in [-0.2, -0.15) is 0 Å². The Morgan fingerprint density at radius 1 is 1.33 bits per heavy atom. The minimum Gasteiger partial charge on any atom is -0.385 e. The Balaban J connectivity index is 1.87. The van der Waals surface area contributed by atoms with Gasteiger partial charge in [-0.15, -0.1) is 0 Å². The third-order valence-corrected chi connectivity index (χ3v) is 4.02. The summed E-state index contributed by atoms with van der Waals surface area (Å²) in [5.41, 5.74) is 2.11. The van der Waals surface area contributed by atoms with Gasteiger partial charge in [0.15, 0.2) is 0 Å². The fourth-order valence-corrected chi connectivity index (χ4v) is 3.01. The van der Waals surface area contributed by atoms with Gasteiger partial charge in [0, 0.05) is 43.5 Å². The van der Waals surface area contributed by atoms with E-state index in [1.807, 2.05) is 6.07 Å². The van der Waals surface area contributed by atoms with Crippen molar-refractivity contribution in [3.8, 4) is 0 Å². The molecule has 0 aliphatic carbocycles. The Morgan fingerprint density at radius 3 is 2.90 bits per heavy atom. The number of carbonyl (C=O) groups excluding carboxylic acids is 1. The fraction of sp³-hybridized carbons (Fsp3) is 0.533. The van der Waals surface area contributed by atoms with Gasteiger partial charge in [-0.05, 0) is 36.1 Å². The summed E-state index contributed by atoms with van der Waals surface area (Å²) < 4.78 is 10.3. The van der Waals surface area contributed by atoms with Crippen LogP contribution < -0.4 is 0 Å². The molecule has 1 heterocycles. The van der Waals surface area contributed by atoms with Gasteiger partial charge in [0.1, 0.15) is 6.61 Å². The zero-order valence-electron chi connectivity index (χ0n) is 12.0. The highest BCUT2D eigenvalue weighted by Crippen LogP contribution is 2.29. The van der Waals surface area contributed by atoms with E-state index in [0.717, 1.165) is 24.0 Å². The zero-order valence-corrected chi connectivity index (χ0v) is 13.5. The first kappa shape index (κ1) is 16.6. The first-order valence-electron chi connectivity index (χ1n) is 6.93. The van der Waals surface area contributed by atoms with E-state index in [-0.39, 0.29) is 12.5 Å². The van der Waals surface area contributed by atoms with Crippen LogP contribution >= 0.6 is 23.2 Å². The molecule has 0 spiro atoms. The van der Waals surface area contributed by atoms with Crippen LogP contribution in [-0.2, 0) is 27.2 Å². The summed E-state index contributed by atoms with van der Waals surface area (Å²) in [6.45, 7) is 2.47. The summed E-state index contributed by atoms with van der Waals surface area (Å²) in [7, 11) is 1.65. The topological polar surface area (TPSA) is 38.8 Å². The third kappa shape index (κ3) is 4.58. The molecule has 21 heavy (non-hydrogen) atoms. The zero-order chi connectivity index (χ0) is 15.2. The number of methoxy groups -OCH3 is 1. The normalized spacial score (nSPS) is 14.1. The number of amides is 1. The molecule has 0 atom stereocenters. The van der Waals surface area contributed by atoms with Crippen LogP contribution in [0.4, 0.5) is 0 Å². The molecule has 0 N–H and O–H groups in total. The Hall–Kier alpha value is -0.810. The van der Waals surface area contributed by atoms with E-state index >= 15 is 0 Å². The number of nitrogens with zero attached hydrogens (tertiary/aromatic N) is 1. The predicted octanol–water partition coefficient (Wildman–Crippen LogP) is 2.93. The first-order valence-corrected chi connectivity index (χ1v) is 7.68. The van der Waals surface area contributed by atoms with Crippen molar-refractivity contribution in [1.82, 2.24) is 4.90 Å². The number of rotatable bonds is 6. The number of benzene rings is 1. The van der Waals surface area contributed by atoms with E-state index in [0.29, 0.717) is 36.3 Å². The molecule has 116 valence electrons. The molecule has 0 unspecified atom stereocenters. The van der Waals surface area contributed by atoms with Crippen molar-refractivity contribution in [1.29, 1.82) is 0 Å². The Morgan fingerprint density at radius 2 is 2.14 bits per heavy atom. The van der Waals surface area contributed by atoms with Gasteiger partial charge >= 0.3 is 0 Å². The van der Waals surface area contributed by atoms with Gasteiger partial charge in [-0.1, -0.05) is 23.2 Å². The van der Waals surface area contributed by atoms with Crippen LogP contribution in [0.15, 0.2) is 12.1 Å². The first-order chi connectivity index (χ1) is 10.1. The molecule has 6 heteroatoms. The van der Waals surface area contributed by atoms with Gasteiger partial charge < -0.3 is 14.4 Å². The average molecular weight is 332 g/mol. The van der Waals surface area contributed by atoms with Gasteiger partial charge in [0.05, 0.1) is 0 Å². The predicted molar refractivity (Wildman–Crippen MR) is 82.9 cm³/mol. The maximum Gasteiger partial charge on any atom is 0.248 e. The van der Waals surface area contributed by atoms with Crippen LogP contribution in [0, 0.1) is 0 Å². The van der Waals surface area contributed by atoms with E-state index in [1.165, 1.54) is 0 Å². The second-order valence-corrected chi connectivity index (χ2v) is 5.83. The lowest BCUT2D eigenvalue weighted by atomic mass is 9.99. The minimum absolute atomic E-state index is 0.00540. The van der Waals surface area contributed by atoms with E-state index < -0.39 is 0 Å². The standard InChI is InChI=1S/C15H19Cl2NO3/c1-20-5-2-6-21-10-15(19)18-4-3-13-11(9-18)7-12(16)8-14(13)17/h7-8H,2-6,9-10H2,1H3. The van der Waals surface area contributed by atoms with E-state index in [9.17, 15) is 4.79 Å². The summed E-state index contributed by atoms with van der Waals surface area (Å²) in [6.07, 6.45) is 1.54. The van der Waals surface area contributed by atoms with Crippen molar-refractivity contribution in [2.75, 3.05) is 33.5 Å². The van der Waals surface area contributed by atoms with Crippen LogP contribution in [0.5, 0.6) is 0 Å². The maximum absolute atomic E-state index is 12.1. The molecular formula is C15H19Cl2NO3. The summed E-state index contributed by atoms with van der Waals surface area (Å²) in [4.78, 5) is 13.9. The van der Waals surface area contributed by atoms with Gasteiger partial charge in [0.2, 0.25) is 5.91 Å². The smallest absolute Gasteiger partial charge is 0.248 e. The summed E-state index contributed by atoms with van der Waals surface area (Å²) in [5.74, 6) is -0.00540. The van der Waals surface area contributed by atoms with Gasteiger partial charge in [-0.25, -0.2) is 0 Å². The lowest BCUT2D eigenvalue weighted by molar-refractivity contribution is -0.137. The fourth-order valence-electron chi connectivity index (χ4n) is 2.38. The second kappa shape index (κ2) is 7.99. The molecule has 1 aliphatic rings. The van der Waals surface area contributed by atoms with Crippen molar-refractivity contribution < 1.29 is 14.3 Å². The van der Waals surface area contributed by atoms with Gasteiger partial charge in [0.25, 0.3) is 0 Å². The highest BCUT2D eigenvalue weighted by atomic mass is 35.5. The van der Waals surface area contributed by atoms with Crippen molar-refractivity contribution in [3.05, 3.63) is 33.3 Å². The van der Waals surface area contributed by atoms with Crippen LogP contribution in [0.2, 0.25) is 10.0 Å². The van der Waals surface area contributed by atoms with E-state index in [4.69, 9.17) is 32.7 Å². The molecule has 2 rings (SSSR count). The van der Waals surface area contributed by atoms with Crippen LogP contribution in [0.3, 0.4) is 0 Å². The molecule has 1 amide bonds. The number of ether oxygens (including phenoxy) is 2. The minimum atomic E-state index is -0.00540. The van der Waals surface area contributed by atoms with Crippen molar-refractivity contribution >= 4 is 29.1 Å². The van der Waals surface area contributed by atoms with E-state index in [1.54, 1.807) is 18.1 Å². The molecular weight excluding hydrogens is 313 g/mol. The number of halogens is 2. The maximum atomic E-state index is 12.1. The largest absolute Gasteiger partial charge is 0.385 e. The summed E-state index contributed by atoms with van der Waals surface area (Å²) in [6, 6.07) is 3.62. The van der Waals surface area contributed by atoms with Crippen molar-refractivity contribution in [2.45, 2.75) is 19.4 Å². The number of fused-ring (bicyclic) bond motifs is 1. The number of hydrogen-bond acceptors (Lipinski definition) is 3. The molecule has 1 aliphatic heterocycles. The van der Waals surface area contributed by atoms with Crippen LogP contribution in [0.25, 0.3) is 0 Å². The Kier molecular flexibility index (Phi) is 6.30. The molecule has 0 saturated carbocycles. The molecule has 1 aromatic carbocycles. The molecule has 0 radical (unpaired) electrons. The molecule has 0 aromatic heterocycles.